The standard InChI is InChI=1S/C13H26O/c1-4-5-11(2)6-7-12(3)13-8-9-14-10-13/h11-13H,4-10H2,1-3H3/t11?,12-,13+/m1/s1. The van der Waals surface area contributed by atoms with Crippen LogP contribution in [0.4, 0.5) is 0 Å². The summed E-state index contributed by atoms with van der Waals surface area (Å²) in [5.41, 5.74) is 0. The van der Waals surface area contributed by atoms with Gasteiger partial charge in [-0.15, -0.1) is 0 Å². The molecule has 0 N–H and O–H groups in total. The number of rotatable bonds is 6. The summed E-state index contributed by atoms with van der Waals surface area (Å²) in [4.78, 5) is 0. The molecule has 1 heterocycles. The number of hydrogen-bond acceptors (Lipinski definition) is 1. The lowest BCUT2D eigenvalue weighted by atomic mass is 9.86. The second-order valence-corrected chi connectivity index (χ2v) is 5.07. The SMILES string of the molecule is CCCC(C)CC[C@@H](C)[C@H]1CCOC1. The molecule has 1 aliphatic rings. The van der Waals surface area contributed by atoms with Gasteiger partial charge in [0.1, 0.15) is 0 Å². The maximum Gasteiger partial charge on any atom is 0.0497 e. The molecule has 1 unspecified atom stereocenters. The fraction of sp³-hybridized carbons (Fsp3) is 1.00. The van der Waals surface area contributed by atoms with Gasteiger partial charge in [-0.2, -0.15) is 0 Å². The van der Waals surface area contributed by atoms with E-state index in [9.17, 15) is 0 Å². The minimum absolute atomic E-state index is 0.851. The quantitative estimate of drug-likeness (QED) is 0.629. The monoisotopic (exact) mass is 198 g/mol. The third-order valence-electron chi connectivity index (χ3n) is 3.67. The summed E-state index contributed by atoms with van der Waals surface area (Å²) >= 11 is 0. The molecule has 0 saturated carbocycles. The summed E-state index contributed by atoms with van der Waals surface area (Å²) in [5, 5.41) is 0. The van der Waals surface area contributed by atoms with Crippen molar-refractivity contribution in [2.45, 2.75) is 52.9 Å². The van der Waals surface area contributed by atoms with Gasteiger partial charge in [0, 0.05) is 13.2 Å². The molecule has 3 atom stereocenters. The highest BCUT2D eigenvalue weighted by molar-refractivity contribution is 4.71. The van der Waals surface area contributed by atoms with E-state index in [1.165, 1.54) is 32.1 Å². The first-order valence-corrected chi connectivity index (χ1v) is 6.31. The molecule has 0 bridgehead atoms. The molecule has 84 valence electrons. The maximum absolute atomic E-state index is 5.43. The Morgan fingerprint density at radius 2 is 2.00 bits per heavy atom. The van der Waals surface area contributed by atoms with Gasteiger partial charge in [0.15, 0.2) is 0 Å². The molecule has 0 aromatic carbocycles. The summed E-state index contributed by atoms with van der Waals surface area (Å²) in [6.07, 6.45) is 6.83. The van der Waals surface area contributed by atoms with Gasteiger partial charge in [-0.1, -0.05) is 46.5 Å². The van der Waals surface area contributed by atoms with Crippen molar-refractivity contribution in [2.75, 3.05) is 13.2 Å². The Hall–Kier alpha value is -0.0400. The fourth-order valence-electron chi connectivity index (χ4n) is 2.42. The van der Waals surface area contributed by atoms with E-state index in [4.69, 9.17) is 4.74 Å². The molecule has 1 saturated heterocycles. The van der Waals surface area contributed by atoms with E-state index in [0.29, 0.717) is 0 Å². The van der Waals surface area contributed by atoms with Crippen LogP contribution in [0.15, 0.2) is 0 Å². The molecule has 14 heavy (non-hydrogen) atoms. The van der Waals surface area contributed by atoms with E-state index >= 15 is 0 Å². The summed E-state index contributed by atoms with van der Waals surface area (Å²) in [7, 11) is 0. The second-order valence-electron chi connectivity index (χ2n) is 5.07. The normalized spacial score (nSPS) is 26.4. The first kappa shape index (κ1) is 12.0. The van der Waals surface area contributed by atoms with Crippen molar-refractivity contribution < 1.29 is 4.74 Å². The van der Waals surface area contributed by atoms with Gasteiger partial charge in [0.25, 0.3) is 0 Å². The van der Waals surface area contributed by atoms with Gasteiger partial charge in [-0.3, -0.25) is 0 Å². The molecular weight excluding hydrogens is 172 g/mol. The van der Waals surface area contributed by atoms with E-state index in [-0.39, 0.29) is 0 Å². The summed E-state index contributed by atoms with van der Waals surface area (Å²) < 4.78 is 5.43. The third kappa shape index (κ3) is 4.00. The molecule has 0 radical (unpaired) electrons. The Bertz CT molecular complexity index is 138. The van der Waals surface area contributed by atoms with E-state index in [1.807, 2.05) is 0 Å². The van der Waals surface area contributed by atoms with Crippen molar-refractivity contribution >= 4 is 0 Å². The molecule has 1 fully saturated rings. The first-order chi connectivity index (χ1) is 6.74. The van der Waals surface area contributed by atoms with Gasteiger partial charge in [0.2, 0.25) is 0 Å². The zero-order valence-corrected chi connectivity index (χ0v) is 10.1. The smallest absolute Gasteiger partial charge is 0.0497 e. The molecule has 0 aliphatic carbocycles. The van der Waals surface area contributed by atoms with E-state index in [1.54, 1.807) is 0 Å². The molecule has 0 aromatic rings. The molecular formula is C13H26O. The van der Waals surface area contributed by atoms with Crippen LogP contribution in [-0.4, -0.2) is 13.2 Å². The minimum atomic E-state index is 0.851. The Labute approximate surface area is 89.2 Å². The predicted molar refractivity (Wildman–Crippen MR) is 61.4 cm³/mol. The zero-order chi connectivity index (χ0) is 10.4. The lowest BCUT2D eigenvalue weighted by Gasteiger charge is -2.19. The van der Waals surface area contributed by atoms with Gasteiger partial charge >= 0.3 is 0 Å². The van der Waals surface area contributed by atoms with Crippen molar-refractivity contribution in [3.05, 3.63) is 0 Å². The largest absolute Gasteiger partial charge is 0.381 e. The lowest BCUT2D eigenvalue weighted by molar-refractivity contribution is 0.171. The van der Waals surface area contributed by atoms with Crippen molar-refractivity contribution in [1.82, 2.24) is 0 Å². The highest BCUT2D eigenvalue weighted by atomic mass is 16.5. The second kappa shape index (κ2) is 6.44. The van der Waals surface area contributed by atoms with Crippen LogP contribution >= 0.6 is 0 Å². The average molecular weight is 198 g/mol. The Balaban J connectivity index is 2.10. The Morgan fingerprint density at radius 1 is 1.21 bits per heavy atom. The molecule has 1 aliphatic heterocycles. The van der Waals surface area contributed by atoms with E-state index < -0.39 is 0 Å². The van der Waals surface area contributed by atoms with Crippen LogP contribution in [0.5, 0.6) is 0 Å². The van der Waals surface area contributed by atoms with Gasteiger partial charge in [-0.05, 0) is 24.2 Å². The molecule has 0 spiro atoms. The fourth-order valence-corrected chi connectivity index (χ4v) is 2.42. The highest BCUT2D eigenvalue weighted by Crippen LogP contribution is 2.27. The van der Waals surface area contributed by atoms with Gasteiger partial charge < -0.3 is 4.74 Å². The molecule has 0 aromatic heterocycles. The van der Waals surface area contributed by atoms with E-state index in [0.717, 1.165) is 31.0 Å². The van der Waals surface area contributed by atoms with Gasteiger partial charge in [-0.25, -0.2) is 0 Å². The van der Waals surface area contributed by atoms with Crippen LogP contribution in [0.25, 0.3) is 0 Å². The van der Waals surface area contributed by atoms with Crippen LogP contribution in [0.2, 0.25) is 0 Å². The Morgan fingerprint density at radius 3 is 2.57 bits per heavy atom. The summed E-state index contributed by atoms with van der Waals surface area (Å²) in [6.45, 7) is 9.09. The molecule has 1 rings (SSSR count). The van der Waals surface area contributed by atoms with Crippen LogP contribution in [0.1, 0.15) is 52.9 Å². The number of hydrogen-bond donors (Lipinski definition) is 0. The highest BCUT2D eigenvalue weighted by Gasteiger charge is 2.22. The van der Waals surface area contributed by atoms with E-state index in [2.05, 4.69) is 20.8 Å². The van der Waals surface area contributed by atoms with Crippen LogP contribution in [-0.2, 0) is 4.74 Å². The van der Waals surface area contributed by atoms with Crippen LogP contribution in [0, 0.1) is 17.8 Å². The predicted octanol–water partition coefficient (Wildman–Crippen LogP) is 3.88. The third-order valence-corrected chi connectivity index (χ3v) is 3.67. The first-order valence-electron chi connectivity index (χ1n) is 6.31. The molecule has 1 heteroatoms. The minimum Gasteiger partial charge on any atom is -0.381 e. The topological polar surface area (TPSA) is 9.23 Å². The Kier molecular flexibility index (Phi) is 5.54. The van der Waals surface area contributed by atoms with Crippen LogP contribution in [0.3, 0.4) is 0 Å². The number of ether oxygens (including phenoxy) is 1. The average Bonchev–Trinajstić information content (AvgIpc) is 2.67. The zero-order valence-electron chi connectivity index (χ0n) is 10.1. The summed E-state index contributed by atoms with van der Waals surface area (Å²) in [5.74, 6) is 2.64. The van der Waals surface area contributed by atoms with Crippen LogP contribution < -0.4 is 0 Å². The maximum atomic E-state index is 5.43. The molecule has 0 amide bonds. The van der Waals surface area contributed by atoms with Crippen molar-refractivity contribution in [2.24, 2.45) is 17.8 Å². The molecule has 1 nitrogen and oxygen atoms in total. The summed E-state index contributed by atoms with van der Waals surface area (Å²) in [6, 6.07) is 0. The van der Waals surface area contributed by atoms with Gasteiger partial charge in [0.05, 0.1) is 0 Å². The van der Waals surface area contributed by atoms with Crippen molar-refractivity contribution in [3.8, 4) is 0 Å². The van der Waals surface area contributed by atoms with Crippen molar-refractivity contribution in [3.63, 3.8) is 0 Å². The van der Waals surface area contributed by atoms with Crippen molar-refractivity contribution in [1.29, 1.82) is 0 Å². The lowest BCUT2D eigenvalue weighted by Crippen LogP contribution is -2.12.